The molecule has 0 bridgehead atoms. The minimum absolute atomic E-state index is 0.287. The molecule has 0 unspecified atom stereocenters. The Balaban J connectivity index is 2.69. The molecule has 1 rings (SSSR count). The number of ether oxygens (including phenoxy) is 1. The Morgan fingerprint density at radius 2 is 2.00 bits per heavy atom. The van der Waals surface area contributed by atoms with Crippen molar-refractivity contribution in [2.75, 3.05) is 26.8 Å². The number of urea groups is 1. The first-order valence-electron chi connectivity index (χ1n) is 5.86. The van der Waals surface area contributed by atoms with Crippen LogP contribution in [0.4, 0.5) is 4.79 Å². The first-order chi connectivity index (χ1) is 8.37. The molecule has 1 saturated heterocycles. The largest absolute Gasteiger partial charge is 0.480 e. The zero-order chi connectivity index (χ0) is 13.8. The number of hydrogen-bond donors (Lipinski definition) is 2. The van der Waals surface area contributed by atoms with E-state index in [1.807, 2.05) is 6.92 Å². The Morgan fingerprint density at radius 1 is 1.44 bits per heavy atom. The number of aliphatic carboxylic acids is 1. The van der Waals surface area contributed by atoms with Gasteiger partial charge in [0, 0.05) is 39.6 Å². The third kappa shape index (κ3) is 3.46. The summed E-state index contributed by atoms with van der Waals surface area (Å²) in [5.74, 6) is -1.01. The summed E-state index contributed by atoms with van der Waals surface area (Å²) in [5, 5.41) is 11.9. The average molecular weight is 256 g/mol. The molecule has 0 aromatic rings. The third-order valence-corrected chi connectivity index (χ3v) is 2.96. The first kappa shape index (κ1) is 14.5. The predicted octanol–water partition coefficient (Wildman–Crippen LogP) is 0.838. The van der Waals surface area contributed by atoms with E-state index in [2.05, 4.69) is 11.9 Å². The van der Waals surface area contributed by atoms with Crippen LogP contribution in [0.5, 0.6) is 0 Å². The Kier molecular flexibility index (Phi) is 4.72. The molecule has 1 fully saturated rings. The lowest BCUT2D eigenvalue weighted by atomic mass is 9.90. The van der Waals surface area contributed by atoms with Crippen LogP contribution in [0.25, 0.3) is 0 Å². The molecule has 0 spiro atoms. The Bertz CT molecular complexity index is 348. The quantitative estimate of drug-likeness (QED) is 0.730. The van der Waals surface area contributed by atoms with Gasteiger partial charge in [0.15, 0.2) is 0 Å². The van der Waals surface area contributed by atoms with Crippen molar-refractivity contribution in [2.24, 2.45) is 0 Å². The standard InChI is InChI=1S/C12H20N2O4/c1-9(2)8-14(3)11(17)13-12(10(15)16)4-6-18-7-5-12/h1,4-8H2,2-3H3,(H,13,17)(H,15,16). The Hall–Kier alpha value is -1.56. The van der Waals surface area contributed by atoms with E-state index >= 15 is 0 Å². The van der Waals surface area contributed by atoms with Gasteiger partial charge in [0.1, 0.15) is 5.54 Å². The number of carbonyl (C=O) groups excluding carboxylic acids is 1. The van der Waals surface area contributed by atoms with Gasteiger partial charge in [-0.25, -0.2) is 9.59 Å². The number of carboxylic acids is 1. The third-order valence-electron chi connectivity index (χ3n) is 2.96. The molecule has 6 heteroatoms. The summed E-state index contributed by atoms with van der Waals surface area (Å²) in [5.41, 5.74) is -0.373. The van der Waals surface area contributed by atoms with E-state index in [0.29, 0.717) is 19.8 Å². The van der Waals surface area contributed by atoms with E-state index in [-0.39, 0.29) is 12.8 Å². The highest BCUT2D eigenvalue weighted by Crippen LogP contribution is 2.21. The van der Waals surface area contributed by atoms with Gasteiger partial charge in [-0.3, -0.25) is 0 Å². The second kappa shape index (κ2) is 5.86. The number of carboxylic acid groups (broad SMARTS) is 1. The second-order valence-corrected chi connectivity index (χ2v) is 4.74. The number of amides is 2. The molecule has 18 heavy (non-hydrogen) atoms. The first-order valence-corrected chi connectivity index (χ1v) is 5.86. The van der Waals surface area contributed by atoms with Crippen molar-refractivity contribution >= 4 is 12.0 Å². The number of likely N-dealkylation sites (N-methyl/N-ethyl adjacent to an activating group) is 1. The number of nitrogens with zero attached hydrogens (tertiary/aromatic N) is 1. The van der Waals surface area contributed by atoms with Crippen molar-refractivity contribution in [3.05, 3.63) is 12.2 Å². The number of nitrogens with one attached hydrogen (secondary N) is 1. The molecule has 2 N–H and O–H groups in total. The van der Waals surface area contributed by atoms with Crippen molar-refractivity contribution in [3.8, 4) is 0 Å². The number of rotatable bonds is 4. The fraction of sp³-hybridized carbons (Fsp3) is 0.667. The van der Waals surface area contributed by atoms with E-state index < -0.39 is 17.5 Å². The maximum atomic E-state index is 11.9. The SMILES string of the molecule is C=C(C)CN(C)C(=O)NC1(C(=O)O)CCOCC1. The molecule has 0 aromatic carbocycles. The summed E-state index contributed by atoms with van der Waals surface area (Å²) in [4.78, 5) is 24.7. The molecule has 6 nitrogen and oxygen atoms in total. The lowest BCUT2D eigenvalue weighted by Crippen LogP contribution is -2.59. The van der Waals surface area contributed by atoms with Gasteiger partial charge in [-0.05, 0) is 6.92 Å². The highest BCUT2D eigenvalue weighted by atomic mass is 16.5. The van der Waals surface area contributed by atoms with Gasteiger partial charge in [-0.15, -0.1) is 0 Å². The van der Waals surface area contributed by atoms with Crippen LogP contribution in [0.3, 0.4) is 0 Å². The van der Waals surface area contributed by atoms with Gasteiger partial charge >= 0.3 is 12.0 Å². The second-order valence-electron chi connectivity index (χ2n) is 4.74. The molecule has 1 heterocycles. The van der Waals surface area contributed by atoms with Gasteiger partial charge in [0.25, 0.3) is 0 Å². The minimum Gasteiger partial charge on any atom is -0.480 e. The van der Waals surface area contributed by atoms with Gasteiger partial charge in [0.2, 0.25) is 0 Å². The smallest absolute Gasteiger partial charge is 0.329 e. The minimum atomic E-state index is -1.21. The average Bonchev–Trinajstić information content (AvgIpc) is 2.29. The summed E-state index contributed by atoms with van der Waals surface area (Å²) < 4.78 is 5.14. The summed E-state index contributed by atoms with van der Waals surface area (Å²) in [6.45, 7) is 6.62. The fourth-order valence-electron chi connectivity index (χ4n) is 1.89. The van der Waals surface area contributed by atoms with Crippen LogP contribution in [0.1, 0.15) is 19.8 Å². The molecule has 2 amide bonds. The van der Waals surface area contributed by atoms with Crippen molar-refractivity contribution in [1.82, 2.24) is 10.2 Å². The van der Waals surface area contributed by atoms with Gasteiger partial charge in [0.05, 0.1) is 0 Å². The summed E-state index contributed by atoms with van der Waals surface area (Å²) in [7, 11) is 1.61. The topological polar surface area (TPSA) is 78.9 Å². The molecule has 1 aliphatic rings. The van der Waals surface area contributed by atoms with Crippen LogP contribution in [0.2, 0.25) is 0 Å². The normalized spacial score (nSPS) is 17.9. The van der Waals surface area contributed by atoms with Gasteiger partial charge in [-0.1, -0.05) is 12.2 Å². The van der Waals surface area contributed by atoms with Crippen LogP contribution >= 0.6 is 0 Å². The van der Waals surface area contributed by atoms with E-state index in [9.17, 15) is 14.7 Å². The zero-order valence-electron chi connectivity index (χ0n) is 10.9. The lowest BCUT2D eigenvalue weighted by molar-refractivity contribution is -0.148. The Morgan fingerprint density at radius 3 is 2.44 bits per heavy atom. The van der Waals surface area contributed by atoms with E-state index in [1.54, 1.807) is 7.05 Å². The fourth-order valence-corrected chi connectivity index (χ4v) is 1.89. The molecule has 102 valence electrons. The number of hydrogen-bond acceptors (Lipinski definition) is 3. The van der Waals surface area contributed by atoms with Gasteiger partial charge < -0.3 is 20.1 Å². The van der Waals surface area contributed by atoms with Crippen molar-refractivity contribution in [2.45, 2.75) is 25.3 Å². The maximum Gasteiger partial charge on any atom is 0.329 e. The summed E-state index contributed by atoms with van der Waals surface area (Å²) >= 11 is 0. The maximum absolute atomic E-state index is 11.9. The van der Waals surface area contributed by atoms with Crippen molar-refractivity contribution < 1.29 is 19.4 Å². The van der Waals surface area contributed by atoms with E-state index in [1.165, 1.54) is 4.90 Å². The molecular weight excluding hydrogens is 236 g/mol. The van der Waals surface area contributed by atoms with E-state index in [0.717, 1.165) is 5.57 Å². The van der Waals surface area contributed by atoms with Crippen LogP contribution in [0, 0.1) is 0 Å². The van der Waals surface area contributed by atoms with Crippen molar-refractivity contribution in [3.63, 3.8) is 0 Å². The highest BCUT2D eigenvalue weighted by Gasteiger charge is 2.42. The van der Waals surface area contributed by atoms with E-state index in [4.69, 9.17) is 4.74 Å². The van der Waals surface area contributed by atoms with Crippen LogP contribution in [-0.2, 0) is 9.53 Å². The zero-order valence-corrected chi connectivity index (χ0v) is 10.9. The molecule has 0 saturated carbocycles. The molecule has 1 aliphatic heterocycles. The highest BCUT2D eigenvalue weighted by molar-refractivity contribution is 5.86. The molecule has 0 aromatic heterocycles. The lowest BCUT2D eigenvalue weighted by Gasteiger charge is -2.35. The summed E-state index contributed by atoms with van der Waals surface area (Å²) in [6.07, 6.45) is 0.573. The summed E-state index contributed by atoms with van der Waals surface area (Å²) in [6, 6.07) is -0.401. The number of carbonyl (C=O) groups is 2. The van der Waals surface area contributed by atoms with Crippen molar-refractivity contribution in [1.29, 1.82) is 0 Å². The molecule has 0 aliphatic carbocycles. The molecule has 0 atom stereocenters. The predicted molar refractivity (Wildman–Crippen MR) is 66.4 cm³/mol. The molecular formula is C12H20N2O4. The van der Waals surface area contributed by atoms with Crippen LogP contribution in [0.15, 0.2) is 12.2 Å². The van der Waals surface area contributed by atoms with Gasteiger partial charge in [-0.2, -0.15) is 0 Å². The Labute approximate surface area is 107 Å². The van der Waals surface area contributed by atoms with Crippen LogP contribution in [-0.4, -0.2) is 54.4 Å². The molecule has 0 radical (unpaired) electrons. The van der Waals surface area contributed by atoms with Crippen LogP contribution < -0.4 is 5.32 Å². The monoisotopic (exact) mass is 256 g/mol.